The molecule has 1 aliphatic heterocycles. The topological polar surface area (TPSA) is 97.9 Å². The van der Waals surface area contributed by atoms with E-state index in [-0.39, 0.29) is 5.91 Å². The molecule has 1 amide bonds. The second-order valence-electron chi connectivity index (χ2n) is 7.15. The molecule has 0 bridgehead atoms. The summed E-state index contributed by atoms with van der Waals surface area (Å²) in [6.07, 6.45) is 9.05. The van der Waals surface area contributed by atoms with Crippen LogP contribution in [-0.4, -0.2) is 49.0 Å². The minimum atomic E-state index is -0.0584. The van der Waals surface area contributed by atoms with Crippen molar-refractivity contribution in [2.45, 2.75) is 33.1 Å². The fraction of sp³-hybridized carbons (Fsp3) is 0.400. The Hall–Kier alpha value is -3.16. The first-order chi connectivity index (χ1) is 13.6. The van der Waals surface area contributed by atoms with Gasteiger partial charge in [0.2, 0.25) is 0 Å². The van der Waals surface area contributed by atoms with Crippen molar-refractivity contribution in [2.75, 3.05) is 13.1 Å². The molecule has 0 aliphatic carbocycles. The Bertz CT molecular complexity index is 952. The highest BCUT2D eigenvalue weighted by atomic mass is 16.5. The Morgan fingerprint density at radius 1 is 1.25 bits per heavy atom. The summed E-state index contributed by atoms with van der Waals surface area (Å²) < 4.78 is 5.26. The van der Waals surface area contributed by atoms with Gasteiger partial charge in [-0.2, -0.15) is 0 Å². The number of rotatable bonds is 4. The summed E-state index contributed by atoms with van der Waals surface area (Å²) >= 11 is 0. The van der Waals surface area contributed by atoms with E-state index in [9.17, 15) is 4.79 Å². The standard InChI is InChI=1S/C20H22N6O2/c1-13-19(14(2)28-25-13)17-9-16(23-12-24-17)8-15-4-3-7-26(11-15)20(27)18-10-21-5-6-22-18/h5-6,9-10,12,15H,3-4,7-8,11H2,1-2H3/t15-/m1/s1. The minimum absolute atomic E-state index is 0.0584. The van der Waals surface area contributed by atoms with Gasteiger partial charge in [-0.25, -0.2) is 15.0 Å². The van der Waals surface area contributed by atoms with Crippen LogP contribution in [0.2, 0.25) is 0 Å². The van der Waals surface area contributed by atoms with E-state index in [0.29, 0.717) is 18.2 Å². The van der Waals surface area contributed by atoms with E-state index in [0.717, 1.165) is 54.2 Å². The van der Waals surface area contributed by atoms with E-state index >= 15 is 0 Å². The molecule has 1 fully saturated rings. The number of aromatic nitrogens is 5. The number of hydrogen-bond donors (Lipinski definition) is 0. The third kappa shape index (κ3) is 3.76. The second kappa shape index (κ2) is 7.84. The van der Waals surface area contributed by atoms with Crippen LogP contribution in [0.25, 0.3) is 11.3 Å². The van der Waals surface area contributed by atoms with Crippen molar-refractivity contribution in [2.24, 2.45) is 5.92 Å². The molecule has 0 N–H and O–H groups in total. The van der Waals surface area contributed by atoms with Crippen LogP contribution in [0.3, 0.4) is 0 Å². The monoisotopic (exact) mass is 378 g/mol. The van der Waals surface area contributed by atoms with Crippen molar-refractivity contribution in [3.05, 3.63) is 53.8 Å². The molecule has 1 aliphatic rings. The molecule has 28 heavy (non-hydrogen) atoms. The summed E-state index contributed by atoms with van der Waals surface area (Å²) in [5.74, 6) is 1.04. The lowest BCUT2D eigenvalue weighted by Crippen LogP contribution is -2.41. The Balaban J connectivity index is 1.47. The third-order valence-corrected chi connectivity index (χ3v) is 5.10. The van der Waals surface area contributed by atoms with Crippen molar-refractivity contribution in [1.82, 2.24) is 30.0 Å². The largest absolute Gasteiger partial charge is 0.361 e. The lowest BCUT2D eigenvalue weighted by atomic mass is 9.92. The van der Waals surface area contributed by atoms with Gasteiger partial charge in [0.15, 0.2) is 0 Å². The van der Waals surface area contributed by atoms with Crippen LogP contribution in [0.15, 0.2) is 35.5 Å². The molecule has 3 aromatic rings. The van der Waals surface area contributed by atoms with Crippen LogP contribution in [0.5, 0.6) is 0 Å². The normalized spacial score (nSPS) is 16.9. The molecule has 1 saturated heterocycles. The summed E-state index contributed by atoms with van der Waals surface area (Å²) in [6.45, 7) is 5.24. The molecule has 0 radical (unpaired) electrons. The van der Waals surface area contributed by atoms with Gasteiger partial charge in [-0.05, 0) is 45.1 Å². The molecule has 8 heteroatoms. The Labute approximate surface area is 163 Å². The lowest BCUT2D eigenvalue weighted by Gasteiger charge is -2.32. The molecule has 0 spiro atoms. The van der Waals surface area contributed by atoms with Crippen molar-refractivity contribution >= 4 is 5.91 Å². The summed E-state index contributed by atoms with van der Waals surface area (Å²) in [4.78, 5) is 31.5. The lowest BCUT2D eigenvalue weighted by molar-refractivity contribution is 0.0666. The minimum Gasteiger partial charge on any atom is -0.361 e. The number of carbonyl (C=O) groups is 1. The SMILES string of the molecule is Cc1noc(C)c1-c1cc(C[C@H]2CCCN(C(=O)c3cnccn3)C2)ncn1. The summed E-state index contributed by atoms with van der Waals surface area (Å²) in [7, 11) is 0. The van der Waals surface area contributed by atoms with E-state index in [1.165, 1.54) is 6.20 Å². The highest BCUT2D eigenvalue weighted by Crippen LogP contribution is 2.27. The smallest absolute Gasteiger partial charge is 0.274 e. The molecule has 0 unspecified atom stereocenters. The average Bonchev–Trinajstić information content (AvgIpc) is 3.06. The number of likely N-dealkylation sites (tertiary alicyclic amines) is 1. The maximum Gasteiger partial charge on any atom is 0.274 e. The highest BCUT2D eigenvalue weighted by molar-refractivity contribution is 5.92. The predicted molar refractivity (Wildman–Crippen MR) is 101 cm³/mol. The van der Waals surface area contributed by atoms with E-state index in [2.05, 4.69) is 25.1 Å². The van der Waals surface area contributed by atoms with Crippen LogP contribution >= 0.6 is 0 Å². The van der Waals surface area contributed by atoms with E-state index in [1.807, 2.05) is 24.8 Å². The molecule has 3 aromatic heterocycles. The van der Waals surface area contributed by atoms with Crippen LogP contribution in [0.1, 0.15) is 40.5 Å². The van der Waals surface area contributed by atoms with Crippen LogP contribution in [-0.2, 0) is 6.42 Å². The van der Waals surface area contributed by atoms with Gasteiger partial charge < -0.3 is 9.42 Å². The Morgan fingerprint density at radius 2 is 2.14 bits per heavy atom. The maximum atomic E-state index is 12.7. The third-order valence-electron chi connectivity index (χ3n) is 5.10. The van der Waals surface area contributed by atoms with Crippen molar-refractivity contribution in [3.8, 4) is 11.3 Å². The quantitative estimate of drug-likeness (QED) is 0.688. The first kappa shape index (κ1) is 18.2. The zero-order chi connectivity index (χ0) is 19.5. The van der Waals surface area contributed by atoms with Gasteiger partial charge in [0.1, 0.15) is 17.8 Å². The molecule has 8 nitrogen and oxygen atoms in total. The van der Waals surface area contributed by atoms with E-state index in [4.69, 9.17) is 4.52 Å². The molecule has 144 valence electrons. The molecule has 4 heterocycles. The number of hydrogen-bond acceptors (Lipinski definition) is 7. The highest BCUT2D eigenvalue weighted by Gasteiger charge is 2.26. The van der Waals surface area contributed by atoms with Gasteiger partial charge in [0.05, 0.1) is 23.1 Å². The summed E-state index contributed by atoms with van der Waals surface area (Å²) in [6, 6.07) is 2.00. The van der Waals surface area contributed by atoms with Gasteiger partial charge in [-0.1, -0.05) is 5.16 Å². The summed E-state index contributed by atoms with van der Waals surface area (Å²) in [5, 5.41) is 4.01. The maximum absolute atomic E-state index is 12.7. The molecule has 4 rings (SSSR count). The Kier molecular flexibility index (Phi) is 5.10. The van der Waals surface area contributed by atoms with Crippen molar-refractivity contribution in [1.29, 1.82) is 0 Å². The molecule has 0 saturated carbocycles. The number of amides is 1. The molecule has 0 aromatic carbocycles. The molecule has 1 atom stereocenters. The predicted octanol–water partition coefficient (Wildman–Crippen LogP) is 2.63. The van der Waals surface area contributed by atoms with Crippen molar-refractivity contribution in [3.63, 3.8) is 0 Å². The fourth-order valence-electron chi connectivity index (χ4n) is 3.78. The van der Waals surface area contributed by atoms with E-state index < -0.39 is 0 Å². The van der Waals surface area contributed by atoms with Crippen LogP contribution < -0.4 is 0 Å². The first-order valence-electron chi connectivity index (χ1n) is 9.41. The van der Waals surface area contributed by atoms with Gasteiger partial charge in [-0.15, -0.1) is 0 Å². The van der Waals surface area contributed by atoms with Crippen molar-refractivity contribution < 1.29 is 9.32 Å². The Morgan fingerprint density at radius 3 is 2.89 bits per heavy atom. The fourth-order valence-corrected chi connectivity index (χ4v) is 3.78. The van der Waals surface area contributed by atoms with Gasteiger partial charge in [-0.3, -0.25) is 9.78 Å². The van der Waals surface area contributed by atoms with Gasteiger partial charge in [0.25, 0.3) is 5.91 Å². The number of nitrogens with zero attached hydrogens (tertiary/aromatic N) is 6. The van der Waals surface area contributed by atoms with Crippen LogP contribution in [0.4, 0.5) is 0 Å². The number of piperidine rings is 1. The van der Waals surface area contributed by atoms with E-state index in [1.54, 1.807) is 18.7 Å². The number of carbonyl (C=O) groups excluding carboxylic acids is 1. The number of aryl methyl sites for hydroxylation is 2. The van der Waals surface area contributed by atoms with Gasteiger partial charge in [0, 0.05) is 31.2 Å². The van der Waals surface area contributed by atoms with Gasteiger partial charge >= 0.3 is 0 Å². The zero-order valence-corrected chi connectivity index (χ0v) is 16.0. The molecular weight excluding hydrogens is 356 g/mol. The first-order valence-corrected chi connectivity index (χ1v) is 9.41. The van der Waals surface area contributed by atoms with Crippen LogP contribution in [0, 0.1) is 19.8 Å². The summed E-state index contributed by atoms with van der Waals surface area (Å²) in [5.41, 5.74) is 3.92. The second-order valence-corrected chi connectivity index (χ2v) is 7.15. The molecular formula is C20H22N6O2. The zero-order valence-electron chi connectivity index (χ0n) is 16.0. The average molecular weight is 378 g/mol.